The third-order valence-corrected chi connectivity index (χ3v) is 15.2. The van der Waals surface area contributed by atoms with E-state index in [1.165, 1.54) is 40.8 Å². The van der Waals surface area contributed by atoms with Crippen molar-refractivity contribution in [1.29, 1.82) is 0 Å². The summed E-state index contributed by atoms with van der Waals surface area (Å²) in [7, 11) is 1.70. The Morgan fingerprint density at radius 2 is 1.81 bits per heavy atom. The molecule has 0 radical (unpaired) electrons. The minimum Gasteiger partial charge on any atom is -0.496 e. The van der Waals surface area contributed by atoms with Crippen molar-refractivity contribution in [2.45, 2.75) is 114 Å². The summed E-state index contributed by atoms with van der Waals surface area (Å²) in [5.74, 6) is 3.53. The van der Waals surface area contributed by atoms with Crippen LogP contribution in [0, 0.1) is 17.8 Å². The highest BCUT2D eigenvalue weighted by Crippen LogP contribution is 2.56. The number of fused-ring (bicyclic) bond motifs is 3. The van der Waals surface area contributed by atoms with E-state index in [-0.39, 0.29) is 5.41 Å². The van der Waals surface area contributed by atoms with Gasteiger partial charge in [0.15, 0.2) is 0 Å². The molecule has 63 heavy (non-hydrogen) atoms. The van der Waals surface area contributed by atoms with E-state index >= 15 is 0 Å². The smallest absolute Gasteiger partial charge is 0.329 e. The number of aliphatic carboxylic acids is 1. The third-order valence-electron chi connectivity index (χ3n) is 14.9. The van der Waals surface area contributed by atoms with Gasteiger partial charge in [-0.1, -0.05) is 61.8 Å². The quantitative estimate of drug-likeness (QED) is 0.113. The fraction of sp³-hybridized carbons (Fsp3) is 0.472. The zero-order chi connectivity index (χ0) is 43.6. The number of carboxylic acids is 1. The van der Waals surface area contributed by atoms with Crippen molar-refractivity contribution in [3.8, 4) is 22.8 Å². The number of hydrogen-bond donors (Lipinski definition) is 2. The van der Waals surface area contributed by atoms with E-state index in [0.717, 1.165) is 105 Å². The first kappa shape index (κ1) is 43.3. The molecule has 9 rings (SSSR count). The van der Waals surface area contributed by atoms with Crippen LogP contribution in [0.1, 0.15) is 111 Å². The molecule has 2 N–H and O–H groups in total. The van der Waals surface area contributed by atoms with Crippen molar-refractivity contribution in [2.75, 3.05) is 32.1 Å². The average molecular weight is 869 g/mol. The molecule has 3 aliphatic carbocycles. The number of carboxylic acid groups (broad SMARTS) is 1. The lowest BCUT2D eigenvalue weighted by Gasteiger charge is -2.47. The maximum absolute atomic E-state index is 13.2. The normalized spacial score (nSPS) is 24.9. The lowest BCUT2D eigenvalue weighted by atomic mass is 9.59. The molecule has 2 aromatic heterocycles. The standard InChI is InChI=1S/C53H62ClN5O4/c1-35(34-63-48-19-25-55-46-14-6-9-36(2)50(46)48)27-40-30-39-17-16-38(28-44(39)52(40)20-22-53(23-21-52,51(60)61)58-42-12-7-11-41(54)31-42)33-59-26-8-10-37(32-59)29-49-56-24-18-45(57-49)43-13-4-5-15-47(43)62-3/h4-5,7,11-13,15-19,24-25,28,31,35-37,40,58H,6,8-10,14,20-23,26-27,29-30,32-34H2,1-3H3,(H,60,61)/t35-,36-,37?,40?,52?,53?/m1/s1. The van der Waals surface area contributed by atoms with Crippen LogP contribution in [0.3, 0.4) is 0 Å². The van der Waals surface area contributed by atoms with Crippen LogP contribution >= 0.6 is 11.6 Å². The molecule has 1 saturated heterocycles. The van der Waals surface area contributed by atoms with Gasteiger partial charge in [-0.15, -0.1) is 0 Å². The minimum absolute atomic E-state index is 0.118. The predicted molar refractivity (Wildman–Crippen MR) is 250 cm³/mol. The molecule has 4 aliphatic rings. The van der Waals surface area contributed by atoms with Crippen LogP contribution in [-0.2, 0) is 36.0 Å². The number of pyridine rings is 1. The molecule has 0 amide bonds. The number of halogens is 1. The number of aromatic nitrogens is 3. The third kappa shape index (κ3) is 9.19. The molecule has 10 heteroatoms. The summed E-state index contributed by atoms with van der Waals surface area (Å²) in [6.07, 6.45) is 15.0. The Morgan fingerprint density at radius 1 is 0.968 bits per heavy atom. The van der Waals surface area contributed by atoms with Gasteiger partial charge in [-0.05, 0) is 165 Å². The number of hydrogen-bond acceptors (Lipinski definition) is 8. The summed E-state index contributed by atoms with van der Waals surface area (Å²) in [5, 5.41) is 14.9. The molecule has 4 atom stereocenters. The van der Waals surface area contributed by atoms with Gasteiger partial charge in [0.25, 0.3) is 0 Å². The van der Waals surface area contributed by atoms with Crippen molar-refractivity contribution in [3.63, 3.8) is 0 Å². The second-order valence-corrected chi connectivity index (χ2v) is 19.6. The molecule has 1 saturated carbocycles. The van der Waals surface area contributed by atoms with E-state index in [0.29, 0.717) is 48.1 Å². The Morgan fingerprint density at radius 3 is 2.63 bits per heavy atom. The fourth-order valence-corrected chi connectivity index (χ4v) is 11.9. The first-order valence-electron chi connectivity index (χ1n) is 23.3. The van der Waals surface area contributed by atoms with Gasteiger partial charge in [0, 0.05) is 59.4 Å². The topological polar surface area (TPSA) is 110 Å². The van der Waals surface area contributed by atoms with Crippen LogP contribution < -0.4 is 14.8 Å². The van der Waals surface area contributed by atoms with Gasteiger partial charge in [0.2, 0.25) is 0 Å². The summed E-state index contributed by atoms with van der Waals surface area (Å²) in [6.45, 7) is 8.24. The van der Waals surface area contributed by atoms with Gasteiger partial charge in [-0.25, -0.2) is 14.8 Å². The highest BCUT2D eigenvalue weighted by molar-refractivity contribution is 6.30. The van der Waals surface area contributed by atoms with E-state index in [4.69, 9.17) is 36.0 Å². The fourth-order valence-electron chi connectivity index (χ4n) is 11.7. The van der Waals surface area contributed by atoms with Gasteiger partial charge in [-0.2, -0.15) is 0 Å². The molecule has 0 bridgehead atoms. The Hall–Kier alpha value is -4.99. The first-order valence-corrected chi connectivity index (χ1v) is 23.7. The number of para-hydroxylation sites is 1. The Kier molecular flexibility index (Phi) is 12.8. The molecule has 3 heterocycles. The number of piperidine rings is 1. The number of ether oxygens (including phenoxy) is 2. The number of aryl methyl sites for hydroxylation is 1. The van der Waals surface area contributed by atoms with Crippen molar-refractivity contribution >= 4 is 23.3 Å². The van der Waals surface area contributed by atoms with Gasteiger partial charge >= 0.3 is 5.97 Å². The van der Waals surface area contributed by atoms with Crippen LogP contribution in [-0.4, -0.2) is 63.3 Å². The van der Waals surface area contributed by atoms with Crippen molar-refractivity contribution in [1.82, 2.24) is 19.9 Å². The maximum atomic E-state index is 13.2. The molecule has 330 valence electrons. The number of nitrogens with zero attached hydrogens (tertiary/aromatic N) is 4. The molecule has 9 nitrogen and oxygen atoms in total. The van der Waals surface area contributed by atoms with Crippen LogP contribution in [0.15, 0.2) is 91.3 Å². The summed E-state index contributed by atoms with van der Waals surface area (Å²) >= 11 is 6.37. The number of nitrogens with one attached hydrogen (secondary N) is 1. The predicted octanol–water partition coefficient (Wildman–Crippen LogP) is 11.1. The monoisotopic (exact) mass is 867 g/mol. The Bertz CT molecular complexity index is 2420. The molecule has 3 aromatic carbocycles. The molecule has 2 fully saturated rings. The molecular formula is C53H62ClN5O4. The molecule has 5 aromatic rings. The molecular weight excluding hydrogens is 806 g/mol. The average Bonchev–Trinajstić information content (AvgIpc) is 3.57. The van der Waals surface area contributed by atoms with Crippen molar-refractivity contribution < 1.29 is 19.4 Å². The molecule has 1 aliphatic heterocycles. The highest BCUT2D eigenvalue weighted by Gasteiger charge is 2.54. The molecule has 1 spiro atoms. The zero-order valence-corrected chi connectivity index (χ0v) is 37.9. The van der Waals surface area contributed by atoms with Gasteiger partial charge in [0.1, 0.15) is 22.9 Å². The van der Waals surface area contributed by atoms with E-state index in [2.05, 4.69) is 54.4 Å². The van der Waals surface area contributed by atoms with Gasteiger partial charge in [-0.3, -0.25) is 9.88 Å². The zero-order valence-electron chi connectivity index (χ0n) is 37.1. The number of rotatable bonds is 14. The number of likely N-dealkylation sites (tertiary alicyclic amines) is 1. The largest absolute Gasteiger partial charge is 0.496 e. The SMILES string of the molecule is COc1ccccc1-c1ccnc(CC2CCCN(Cc3ccc4c(c3)C3(CCC(Nc5cccc(Cl)c5)(C(=O)O)CC3)C(C[C@@H](C)COc3ccnc5c3[C@H](C)CCC5)C4)C2)n1. The van der Waals surface area contributed by atoms with E-state index in [9.17, 15) is 9.90 Å². The minimum atomic E-state index is -1.06. The van der Waals surface area contributed by atoms with E-state index < -0.39 is 11.5 Å². The number of benzene rings is 3. The van der Waals surface area contributed by atoms with E-state index in [1.54, 1.807) is 7.11 Å². The lowest BCUT2D eigenvalue weighted by molar-refractivity contribution is -0.144. The lowest BCUT2D eigenvalue weighted by Crippen LogP contribution is -2.53. The van der Waals surface area contributed by atoms with Gasteiger partial charge < -0.3 is 19.9 Å². The van der Waals surface area contributed by atoms with Crippen molar-refractivity contribution in [2.24, 2.45) is 17.8 Å². The number of carbonyl (C=O) groups is 1. The van der Waals surface area contributed by atoms with Crippen LogP contribution in [0.25, 0.3) is 11.3 Å². The number of anilines is 1. The summed E-state index contributed by atoms with van der Waals surface area (Å²) in [6, 6.07) is 26.7. The second kappa shape index (κ2) is 18.6. The molecule has 2 unspecified atom stereocenters. The summed E-state index contributed by atoms with van der Waals surface area (Å²) < 4.78 is 12.3. The Balaban J connectivity index is 0.929. The summed E-state index contributed by atoms with van der Waals surface area (Å²) in [4.78, 5) is 30.2. The number of methoxy groups -OCH3 is 1. The highest BCUT2D eigenvalue weighted by atomic mass is 35.5. The van der Waals surface area contributed by atoms with Gasteiger partial charge in [0.05, 0.1) is 19.4 Å². The van der Waals surface area contributed by atoms with Crippen molar-refractivity contribution in [3.05, 3.63) is 130 Å². The first-order chi connectivity index (χ1) is 30.6. The second-order valence-electron chi connectivity index (χ2n) is 19.2. The maximum Gasteiger partial charge on any atom is 0.329 e. The van der Waals surface area contributed by atoms with Crippen LogP contribution in [0.4, 0.5) is 5.69 Å². The summed E-state index contributed by atoms with van der Waals surface area (Å²) in [5.41, 5.74) is 8.13. The van der Waals surface area contributed by atoms with Crippen LogP contribution in [0.2, 0.25) is 5.02 Å². The Labute approximate surface area is 378 Å². The van der Waals surface area contributed by atoms with E-state index in [1.807, 2.05) is 60.9 Å². The van der Waals surface area contributed by atoms with Crippen LogP contribution in [0.5, 0.6) is 11.5 Å².